The van der Waals surface area contributed by atoms with Gasteiger partial charge in [-0.1, -0.05) is 54.6 Å². The Hall–Kier alpha value is -4.50. The second-order valence-corrected chi connectivity index (χ2v) is 7.41. The van der Waals surface area contributed by atoms with E-state index in [0.29, 0.717) is 16.7 Å². The van der Waals surface area contributed by atoms with Gasteiger partial charge in [-0.25, -0.2) is 4.79 Å². The maximum atomic E-state index is 13.0. The molecular weight excluding hydrogens is 404 g/mol. The minimum absolute atomic E-state index is 0.0353. The molecule has 1 unspecified atom stereocenters. The summed E-state index contributed by atoms with van der Waals surface area (Å²) < 4.78 is 16.7. The van der Waals surface area contributed by atoms with Gasteiger partial charge < -0.3 is 19.6 Å². The van der Waals surface area contributed by atoms with E-state index in [0.717, 1.165) is 16.7 Å². The van der Waals surface area contributed by atoms with E-state index in [-0.39, 0.29) is 22.8 Å². The van der Waals surface area contributed by atoms with E-state index in [1.807, 2.05) is 54.6 Å². The van der Waals surface area contributed by atoms with Crippen LogP contribution < -0.4 is 20.8 Å². The fraction of sp³-hybridized carbons (Fsp3) is 0.0769. The summed E-state index contributed by atoms with van der Waals surface area (Å²) in [4.78, 5) is 13.0. The molecule has 5 rings (SSSR count). The summed E-state index contributed by atoms with van der Waals surface area (Å²) in [5, 5.41) is 10.4. The first-order valence-corrected chi connectivity index (χ1v) is 9.98. The van der Waals surface area contributed by atoms with Crippen LogP contribution in [0.25, 0.3) is 22.1 Å². The topological polar surface area (TPSA) is 98.5 Å². The lowest BCUT2D eigenvalue weighted by atomic mass is 9.83. The molecule has 156 valence electrons. The Bertz CT molecular complexity index is 1460. The molecule has 6 nitrogen and oxygen atoms in total. The Morgan fingerprint density at radius 2 is 1.72 bits per heavy atom. The molecular formula is C26H18N2O4. The van der Waals surface area contributed by atoms with E-state index >= 15 is 0 Å². The van der Waals surface area contributed by atoms with Crippen LogP contribution in [0.3, 0.4) is 0 Å². The largest absolute Gasteiger partial charge is 0.497 e. The number of nitrogens with zero attached hydrogens (tertiary/aromatic N) is 1. The quantitative estimate of drug-likeness (QED) is 0.481. The van der Waals surface area contributed by atoms with Gasteiger partial charge in [-0.15, -0.1) is 0 Å². The van der Waals surface area contributed by atoms with Gasteiger partial charge in [0.1, 0.15) is 23.0 Å². The maximum Gasteiger partial charge on any atom is 0.344 e. The fourth-order valence-corrected chi connectivity index (χ4v) is 4.06. The summed E-state index contributed by atoms with van der Waals surface area (Å²) in [7, 11) is 1.55. The van der Waals surface area contributed by atoms with E-state index in [1.54, 1.807) is 25.3 Å². The van der Waals surface area contributed by atoms with Crippen molar-refractivity contribution in [3.63, 3.8) is 0 Å². The third kappa shape index (κ3) is 3.08. The smallest absolute Gasteiger partial charge is 0.344 e. The molecule has 0 saturated heterocycles. The number of nitrogens with two attached hydrogens (primary N) is 1. The van der Waals surface area contributed by atoms with Crippen LogP contribution in [0.4, 0.5) is 0 Å². The van der Waals surface area contributed by atoms with Crippen molar-refractivity contribution in [1.82, 2.24) is 0 Å². The predicted octanol–water partition coefficient (Wildman–Crippen LogP) is 4.69. The van der Waals surface area contributed by atoms with E-state index in [2.05, 4.69) is 6.07 Å². The molecule has 0 radical (unpaired) electrons. The SMILES string of the molecule is COc1ccc2oc(=O)c3c(c2c1)OC(N)=C(C#N)C3c1ccc(-c2ccccc2)cc1. The van der Waals surface area contributed by atoms with Crippen molar-refractivity contribution < 1.29 is 13.9 Å². The van der Waals surface area contributed by atoms with Gasteiger partial charge in [-0.05, 0) is 34.9 Å². The highest BCUT2D eigenvalue weighted by molar-refractivity contribution is 5.87. The Morgan fingerprint density at radius 3 is 2.41 bits per heavy atom. The molecule has 1 aromatic heterocycles. The number of fused-ring (bicyclic) bond motifs is 3. The van der Waals surface area contributed by atoms with Crippen LogP contribution in [-0.2, 0) is 0 Å². The van der Waals surface area contributed by atoms with Gasteiger partial charge >= 0.3 is 5.63 Å². The Balaban J connectivity index is 1.71. The number of nitriles is 1. The number of allylic oxidation sites excluding steroid dienone is 1. The fourth-order valence-electron chi connectivity index (χ4n) is 4.06. The molecule has 0 aliphatic carbocycles. The monoisotopic (exact) mass is 422 g/mol. The Kier molecular flexibility index (Phi) is 4.65. The number of hydrogen-bond donors (Lipinski definition) is 1. The van der Waals surface area contributed by atoms with Gasteiger partial charge in [-0.2, -0.15) is 5.26 Å². The van der Waals surface area contributed by atoms with Crippen molar-refractivity contribution in [2.45, 2.75) is 5.92 Å². The minimum atomic E-state index is -0.708. The molecule has 0 amide bonds. The van der Waals surface area contributed by atoms with Gasteiger partial charge in [0.15, 0.2) is 5.75 Å². The zero-order chi connectivity index (χ0) is 22.2. The second-order valence-electron chi connectivity index (χ2n) is 7.41. The zero-order valence-corrected chi connectivity index (χ0v) is 17.2. The van der Waals surface area contributed by atoms with Crippen molar-refractivity contribution >= 4 is 11.0 Å². The molecule has 0 fully saturated rings. The van der Waals surface area contributed by atoms with Crippen molar-refractivity contribution in [3.8, 4) is 28.7 Å². The lowest BCUT2D eigenvalue weighted by molar-refractivity contribution is 0.386. The van der Waals surface area contributed by atoms with Crippen molar-refractivity contribution in [1.29, 1.82) is 5.26 Å². The first-order chi connectivity index (χ1) is 15.6. The standard InChI is InChI=1S/C26H18N2O4/c1-30-18-11-12-21-19(13-18)24-23(26(29)31-21)22(20(14-27)25(28)32-24)17-9-7-16(8-10-17)15-5-3-2-4-6-15/h2-13,22H,28H2,1H3. The molecule has 3 aromatic carbocycles. The molecule has 1 atom stereocenters. The number of benzene rings is 3. The summed E-state index contributed by atoms with van der Waals surface area (Å²) in [6.07, 6.45) is 0. The van der Waals surface area contributed by atoms with Crippen LogP contribution in [0.1, 0.15) is 17.0 Å². The molecule has 1 aliphatic rings. The highest BCUT2D eigenvalue weighted by Gasteiger charge is 2.35. The van der Waals surface area contributed by atoms with Gasteiger partial charge in [0, 0.05) is 0 Å². The van der Waals surface area contributed by atoms with Gasteiger partial charge in [0.2, 0.25) is 5.88 Å². The lowest BCUT2D eigenvalue weighted by Gasteiger charge is -2.26. The van der Waals surface area contributed by atoms with Crippen LogP contribution in [0.15, 0.2) is 93.5 Å². The third-order valence-corrected chi connectivity index (χ3v) is 5.62. The summed E-state index contributed by atoms with van der Waals surface area (Å²) in [6.45, 7) is 0. The molecule has 32 heavy (non-hydrogen) atoms. The second kappa shape index (κ2) is 7.64. The predicted molar refractivity (Wildman–Crippen MR) is 120 cm³/mol. The molecule has 0 spiro atoms. The molecule has 4 aromatic rings. The first-order valence-electron chi connectivity index (χ1n) is 9.98. The summed E-state index contributed by atoms with van der Waals surface area (Å²) >= 11 is 0. The molecule has 6 heteroatoms. The highest BCUT2D eigenvalue weighted by atomic mass is 16.5. The van der Waals surface area contributed by atoms with Crippen molar-refractivity contribution in [2.75, 3.05) is 7.11 Å². The Labute approximate surface area is 183 Å². The summed E-state index contributed by atoms with van der Waals surface area (Å²) in [6, 6.07) is 24.8. The van der Waals surface area contributed by atoms with E-state index in [9.17, 15) is 10.1 Å². The lowest BCUT2D eigenvalue weighted by Crippen LogP contribution is -2.26. The van der Waals surface area contributed by atoms with Gasteiger partial charge in [0.25, 0.3) is 0 Å². The molecule has 2 heterocycles. The molecule has 2 N–H and O–H groups in total. The van der Waals surface area contributed by atoms with Crippen LogP contribution in [0, 0.1) is 11.3 Å². The van der Waals surface area contributed by atoms with Crippen LogP contribution >= 0.6 is 0 Å². The average Bonchev–Trinajstić information content (AvgIpc) is 2.84. The van der Waals surface area contributed by atoms with E-state index < -0.39 is 11.5 Å². The first kappa shape index (κ1) is 19.5. The number of hydrogen-bond acceptors (Lipinski definition) is 6. The zero-order valence-electron chi connectivity index (χ0n) is 17.2. The van der Waals surface area contributed by atoms with E-state index in [4.69, 9.17) is 19.6 Å². The van der Waals surface area contributed by atoms with Gasteiger partial charge in [0.05, 0.1) is 24.0 Å². The van der Waals surface area contributed by atoms with Crippen LogP contribution in [-0.4, -0.2) is 7.11 Å². The van der Waals surface area contributed by atoms with Crippen molar-refractivity contribution in [3.05, 3.63) is 106 Å². The maximum absolute atomic E-state index is 13.0. The summed E-state index contributed by atoms with van der Waals surface area (Å²) in [5.41, 5.74) is 9.14. The average molecular weight is 422 g/mol. The highest BCUT2D eigenvalue weighted by Crippen LogP contribution is 2.44. The van der Waals surface area contributed by atoms with Gasteiger partial charge in [-0.3, -0.25) is 0 Å². The van der Waals surface area contributed by atoms with Crippen LogP contribution in [0.5, 0.6) is 11.5 Å². The van der Waals surface area contributed by atoms with Crippen LogP contribution in [0.2, 0.25) is 0 Å². The number of rotatable bonds is 3. The molecule has 0 bridgehead atoms. The number of ether oxygens (including phenoxy) is 2. The number of methoxy groups -OCH3 is 1. The van der Waals surface area contributed by atoms with E-state index in [1.165, 1.54) is 0 Å². The normalized spacial score (nSPS) is 15.1. The minimum Gasteiger partial charge on any atom is -0.497 e. The summed E-state index contributed by atoms with van der Waals surface area (Å²) in [5.74, 6) is 0.116. The Morgan fingerprint density at radius 1 is 1.00 bits per heavy atom. The third-order valence-electron chi connectivity index (χ3n) is 5.62. The molecule has 0 saturated carbocycles. The van der Waals surface area contributed by atoms with Crippen molar-refractivity contribution in [2.24, 2.45) is 5.73 Å². The molecule has 1 aliphatic heterocycles.